The molecular weight excluding hydrogens is 251 g/mol. The number of rotatable bonds is 2. The number of halogens is 3. The molecule has 0 saturated heterocycles. The zero-order valence-corrected chi connectivity index (χ0v) is 10.4. The number of aryl methyl sites for hydroxylation is 1. The van der Waals surface area contributed by atoms with Gasteiger partial charge in [0, 0.05) is 0 Å². The maximum Gasteiger partial charge on any atom is 0.416 e. The average molecular weight is 265 g/mol. The molecule has 0 aliphatic heterocycles. The summed E-state index contributed by atoms with van der Waals surface area (Å²) in [7, 11) is 0. The topological polar surface area (TPSA) is 26.0 Å². The summed E-state index contributed by atoms with van der Waals surface area (Å²) in [5.41, 5.74) is 7.59. The second kappa shape index (κ2) is 5.05. The standard InChI is InChI=1S/C15H14F3N/c1-10-9-12(15(16,17)18)7-8-13(10)14(19)11-5-3-2-4-6-11/h2-9,14H,19H2,1H3. The first-order valence-corrected chi connectivity index (χ1v) is 5.88. The highest BCUT2D eigenvalue weighted by Gasteiger charge is 2.30. The molecule has 1 nitrogen and oxygen atoms in total. The Bertz CT molecular complexity index is 561. The molecule has 2 aromatic rings. The fourth-order valence-electron chi connectivity index (χ4n) is 2.04. The van der Waals surface area contributed by atoms with Crippen molar-refractivity contribution in [3.05, 3.63) is 70.8 Å². The smallest absolute Gasteiger partial charge is 0.320 e. The van der Waals surface area contributed by atoms with Crippen LogP contribution in [0.25, 0.3) is 0 Å². The van der Waals surface area contributed by atoms with Crippen molar-refractivity contribution in [1.29, 1.82) is 0 Å². The van der Waals surface area contributed by atoms with E-state index in [2.05, 4.69) is 0 Å². The molecule has 0 saturated carbocycles. The van der Waals surface area contributed by atoms with Crippen LogP contribution in [0.1, 0.15) is 28.3 Å². The molecule has 0 heterocycles. The average Bonchev–Trinajstić information content (AvgIpc) is 2.38. The predicted octanol–water partition coefficient (Wildman–Crippen LogP) is 4.06. The van der Waals surface area contributed by atoms with E-state index in [1.165, 1.54) is 6.07 Å². The van der Waals surface area contributed by atoms with Gasteiger partial charge in [0.25, 0.3) is 0 Å². The van der Waals surface area contributed by atoms with E-state index < -0.39 is 17.8 Å². The molecular formula is C15H14F3N. The molecule has 0 aromatic heterocycles. The van der Waals surface area contributed by atoms with Gasteiger partial charge in [-0.15, -0.1) is 0 Å². The van der Waals surface area contributed by atoms with Crippen molar-refractivity contribution in [2.75, 3.05) is 0 Å². The second-order valence-corrected chi connectivity index (χ2v) is 4.46. The first kappa shape index (κ1) is 13.6. The van der Waals surface area contributed by atoms with Crippen LogP contribution >= 0.6 is 0 Å². The molecule has 2 N–H and O–H groups in total. The summed E-state index contributed by atoms with van der Waals surface area (Å²) < 4.78 is 37.8. The van der Waals surface area contributed by atoms with Gasteiger partial charge >= 0.3 is 6.18 Å². The zero-order chi connectivity index (χ0) is 14.0. The van der Waals surface area contributed by atoms with Crippen LogP contribution in [0.2, 0.25) is 0 Å². The summed E-state index contributed by atoms with van der Waals surface area (Å²) in [6.07, 6.45) is -4.32. The number of alkyl halides is 3. The zero-order valence-electron chi connectivity index (χ0n) is 10.4. The van der Waals surface area contributed by atoms with Gasteiger partial charge in [-0.25, -0.2) is 0 Å². The van der Waals surface area contributed by atoms with Gasteiger partial charge in [0.1, 0.15) is 0 Å². The minimum absolute atomic E-state index is 0.413. The number of benzene rings is 2. The van der Waals surface area contributed by atoms with Gasteiger partial charge in [-0.3, -0.25) is 0 Å². The Morgan fingerprint density at radius 3 is 2.16 bits per heavy atom. The highest BCUT2D eigenvalue weighted by atomic mass is 19.4. The Morgan fingerprint density at radius 1 is 1.00 bits per heavy atom. The maximum atomic E-state index is 12.6. The van der Waals surface area contributed by atoms with Crippen molar-refractivity contribution >= 4 is 0 Å². The van der Waals surface area contributed by atoms with Crippen LogP contribution < -0.4 is 5.73 Å². The van der Waals surface area contributed by atoms with Crippen molar-refractivity contribution in [2.24, 2.45) is 5.73 Å². The minimum atomic E-state index is -4.32. The molecule has 2 aromatic carbocycles. The van der Waals surface area contributed by atoms with E-state index in [1.54, 1.807) is 6.92 Å². The van der Waals surface area contributed by atoms with Crippen molar-refractivity contribution < 1.29 is 13.2 Å². The quantitative estimate of drug-likeness (QED) is 0.870. The molecule has 1 unspecified atom stereocenters. The molecule has 100 valence electrons. The van der Waals surface area contributed by atoms with E-state index in [0.29, 0.717) is 11.1 Å². The van der Waals surface area contributed by atoms with E-state index in [0.717, 1.165) is 17.7 Å². The highest BCUT2D eigenvalue weighted by molar-refractivity contribution is 5.39. The SMILES string of the molecule is Cc1cc(C(F)(F)F)ccc1C(N)c1ccccc1. The summed E-state index contributed by atoms with van der Waals surface area (Å²) in [6.45, 7) is 1.65. The predicted molar refractivity (Wildman–Crippen MR) is 68.7 cm³/mol. The molecule has 0 bridgehead atoms. The fraction of sp³-hybridized carbons (Fsp3) is 0.200. The van der Waals surface area contributed by atoms with E-state index >= 15 is 0 Å². The van der Waals surface area contributed by atoms with Crippen molar-refractivity contribution in [3.63, 3.8) is 0 Å². The lowest BCUT2D eigenvalue weighted by molar-refractivity contribution is -0.137. The Morgan fingerprint density at radius 2 is 1.63 bits per heavy atom. The Balaban J connectivity index is 2.37. The van der Waals surface area contributed by atoms with E-state index in [4.69, 9.17) is 5.73 Å². The molecule has 0 aliphatic rings. The Kier molecular flexibility index (Phi) is 3.62. The third-order valence-electron chi connectivity index (χ3n) is 3.09. The molecule has 0 fully saturated rings. The third kappa shape index (κ3) is 2.96. The van der Waals surface area contributed by atoms with Crippen LogP contribution in [0.15, 0.2) is 48.5 Å². The van der Waals surface area contributed by atoms with Gasteiger partial charge in [0.15, 0.2) is 0 Å². The van der Waals surface area contributed by atoms with Crippen LogP contribution in [-0.2, 0) is 6.18 Å². The van der Waals surface area contributed by atoms with Crippen LogP contribution in [0, 0.1) is 6.92 Å². The lowest BCUT2D eigenvalue weighted by Crippen LogP contribution is -2.14. The number of hydrogen-bond donors (Lipinski definition) is 1. The van der Waals surface area contributed by atoms with Gasteiger partial charge in [0.2, 0.25) is 0 Å². The van der Waals surface area contributed by atoms with Crippen LogP contribution in [-0.4, -0.2) is 0 Å². The summed E-state index contributed by atoms with van der Waals surface area (Å²) in [5, 5.41) is 0. The third-order valence-corrected chi connectivity index (χ3v) is 3.09. The van der Waals surface area contributed by atoms with Gasteiger partial charge in [-0.05, 0) is 35.7 Å². The van der Waals surface area contributed by atoms with Gasteiger partial charge in [-0.2, -0.15) is 13.2 Å². The van der Waals surface area contributed by atoms with Crippen LogP contribution in [0.4, 0.5) is 13.2 Å². The molecule has 0 aliphatic carbocycles. The summed E-state index contributed by atoms with van der Waals surface area (Å²) in [4.78, 5) is 0. The summed E-state index contributed by atoms with van der Waals surface area (Å²) in [5.74, 6) is 0. The molecule has 0 radical (unpaired) electrons. The molecule has 0 amide bonds. The van der Waals surface area contributed by atoms with Crippen molar-refractivity contribution in [3.8, 4) is 0 Å². The number of nitrogens with two attached hydrogens (primary N) is 1. The fourth-order valence-corrected chi connectivity index (χ4v) is 2.04. The normalized spacial score (nSPS) is 13.3. The van der Waals surface area contributed by atoms with Crippen molar-refractivity contribution in [2.45, 2.75) is 19.1 Å². The Labute approximate surface area is 109 Å². The minimum Gasteiger partial charge on any atom is -0.320 e. The van der Waals surface area contributed by atoms with E-state index in [9.17, 15) is 13.2 Å². The molecule has 1 atom stereocenters. The first-order chi connectivity index (χ1) is 8.89. The van der Waals surface area contributed by atoms with E-state index in [1.807, 2.05) is 30.3 Å². The monoisotopic (exact) mass is 265 g/mol. The van der Waals surface area contributed by atoms with Gasteiger partial charge in [-0.1, -0.05) is 36.4 Å². The highest BCUT2D eigenvalue weighted by Crippen LogP contribution is 2.32. The molecule has 0 spiro atoms. The summed E-state index contributed by atoms with van der Waals surface area (Å²) >= 11 is 0. The number of hydrogen-bond acceptors (Lipinski definition) is 1. The van der Waals surface area contributed by atoms with E-state index in [-0.39, 0.29) is 0 Å². The molecule has 4 heteroatoms. The first-order valence-electron chi connectivity index (χ1n) is 5.88. The lowest BCUT2D eigenvalue weighted by atomic mass is 9.94. The van der Waals surface area contributed by atoms with Gasteiger partial charge in [0.05, 0.1) is 11.6 Å². The van der Waals surface area contributed by atoms with Crippen molar-refractivity contribution in [1.82, 2.24) is 0 Å². The Hall–Kier alpha value is -1.81. The summed E-state index contributed by atoms with van der Waals surface area (Å²) in [6, 6.07) is 12.6. The largest absolute Gasteiger partial charge is 0.416 e. The van der Waals surface area contributed by atoms with Gasteiger partial charge < -0.3 is 5.73 Å². The maximum absolute atomic E-state index is 12.6. The molecule has 19 heavy (non-hydrogen) atoms. The lowest BCUT2D eigenvalue weighted by Gasteiger charge is -2.17. The van der Waals surface area contributed by atoms with Crippen LogP contribution in [0.5, 0.6) is 0 Å². The second-order valence-electron chi connectivity index (χ2n) is 4.46. The molecule has 2 rings (SSSR count). The van der Waals surface area contributed by atoms with Crippen LogP contribution in [0.3, 0.4) is 0 Å².